The zero-order chi connectivity index (χ0) is 10.0. The number of benzene rings is 1. The van der Waals surface area contributed by atoms with Crippen LogP contribution in [-0.4, -0.2) is 19.0 Å². The molecule has 1 aromatic rings. The van der Waals surface area contributed by atoms with Crippen LogP contribution in [0.4, 0.5) is 10.1 Å². The Hall–Kier alpha value is -1.09. The van der Waals surface area contributed by atoms with Gasteiger partial charge in [0.15, 0.2) is 0 Å². The molecule has 3 heteroatoms. The molecule has 1 aromatic carbocycles. The number of nitrogen functional groups attached to an aromatic ring is 1. The Morgan fingerprint density at radius 1 is 1.38 bits per heavy atom. The summed E-state index contributed by atoms with van der Waals surface area (Å²) >= 11 is 0. The zero-order valence-electron chi connectivity index (χ0n) is 8.21. The number of nitrogens with two attached hydrogens (primary N) is 1. The second-order valence-corrected chi connectivity index (χ2v) is 3.42. The van der Waals surface area contributed by atoms with Crippen LogP contribution in [0.1, 0.15) is 18.5 Å². The molecule has 72 valence electrons. The van der Waals surface area contributed by atoms with Crippen molar-refractivity contribution >= 4 is 5.69 Å². The molecule has 2 N–H and O–H groups in total. The van der Waals surface area contributed by atoms with E-state index in [1.54, 1.807) is 6.07 Å². The minimum Gasteiger partial charge on any atom is -0.396 e. The van der Waals surface area contributed by atoms with E-state index in [1.165, 1.54) is 6.07 Å². The number of nitrogens with zero attached hydrogens (tertiary/aromatic N) is 1. The molecule has 0 saturated carbocycles. The van der Waals surface area contributed by atoms with Gasteiger partial charge in [0.1, 0.15) is 5.82 Å². The molecule has 2 nitrogen and oxygen atoms in total. The standard InChI is InChI=1S/C10H15FN2/c1-7(13(2)3)8-4-5-10(12)9(11)6-8/h4-7H,12H2,1-3H3. The number of hydrogen-bond acceptors (Lipinski definition) is 2. The van der Waals surface area contributed by atoms with Gasteiger partial charge >= 0.3 is 0 Å². The fraction of sp³-hybridized carbons (Fsp3) is 0.400. The van der Waals surface area contributed by atoms with Gasteiger partial charge in [-0.25, -0.2) is 4.39 Å². The first-order valence-corrected chi connectivity index (χ1v) is 4.23. The molecule has 0 radical (unpaired) electrons. The van der Waals surface area contributed by atoms with Gasteiger partial charge in [0.05, 0.1) is 5.69 Å². The van der Waals surface area contributed by atoms with Crippen LogP contribution in [0.15, 0.2) is 18.2 Å². The van der Waals surface area contributed by atoms with E-state index in [0.717, 1.165) is 5.56 Å². The molecule has 0 saturated heterocycles. The predicted molar refractivity (Wildman–Crippen MR) is 52.9 cm³/mol. The van der Waals surface area contributed by atoms with Crippen molar-refractivity contribution < 1.29 is 4.39 Å². The van der Waals surface area contributed by atoms with Crippen molar-refractivity contribution in [3.63, 3.8) is 0 Å². The molecule has 1 atom stereocenters. The molecule has 0 fully saturated rings. The Morgan fingerprint density at radius 2 is 2.00 bits per heavy atom. The molecule has 0 aliphatic rings. The molecular formula is C10H15FN2. The van der Waals surface area contributed by atoms with Gasteiger partial charge in [-0.1, -0.05) is 6.07 Å². The van der Waals surface area contributed by atoms with Gasteiger partial charge in [-0.05, 0) is 38.7 Å². The van der Waals surface area contributed by atoms with Crippen LogP contribution in [0, 0.1) is 5.82 Å². The second-order valence-electron chi connectivity index (χ2n) is 3.42. The fourth-order valence-electron chi connectivity index (χ4n) is 1.10. The fourth-order valence-corrected chi connectivity index (χ4v) is 1.10. The topological polar surface area (TPSA) is 29.3 Å². The van der Waals surface area contributed by atoms with Gasteiger partial charge in [0.25, 0.3) is 0 Å². The number of anilines is 1. The van der Waals surface area contributed by atoms with Crippen molar-refractivity contribution in [3.05, 3.63) is 29.6 Å². The number of rotatable bonds is 2. The van der Waals surface area contributed by atoms with E-state index in [9.17, 15) is 4.39 Å². The maximum absolute atomic E-state index is 13.1. The third-order valence-corrected chi connectivity index (χ3v) is 2.28. The molecule has 0 aliphatic carbocycles. The van der Waals surface area contributed by atoms with Gasteiger partial charge < -0.3 is 10.6 Å². The van der Waals surface area contributed by atoms with E-state index in [-0.39, 0.29) is 17.5 Å². The lowest BCUT2D eigenvalue weighted by Crippen LogP contribution is -2.16. The normalized spacial score (nSPS) is 13.3. The van der Waals surface area contributed by atoms with Crippen LogP contribution in [0.2, 0.25) is 0 Å². The van der Waals surface area contributed by atoms with Crippen LogP contribution in [0.5, 0.6) is 0 Å². The smallest absolute Gasteiger partial charge is 0.146 e. The molecule has 0 aromatic heterocycles. The summed E-state index contributed by atoms with van der Waals surface area (Å²) in [5.41, 5.74) is 6.52. The van der Waals surface area contributed by atoms with Crippen molar-refractivity contribution in [2.24, 2.45) is 0 Å². The van der Waals surface area contributed by atoms with E-state index >= 15 is 0 Å². The lowest BCUT2D eigenvalue weighted by molar-refractivity contribution is 0.320. The van der Waals surface area contributed by atoms with E-state index in [4.69, 9.17) is 5.73 Å². The summed E-state index contributed by atoms with van der Waals surface area (Å²) in [5.74, 6) is -0.341. The van der Waals surface area contributed by atoms with Crippen LogP contribution in [0.25, 0.3) is 0 Å². The largest absolute Gasteiger partial charge is 0.396 e. The minimum atomic E-state index is -0.341. The van der Waals surface area contributed by atoms with E-state index in [0.29, 0.717) is 0 Å². The Bertz CT molecular complexity index is 297. The van der Waals surface area contributed by atoms with Crippen molar-refractivity contribution in [1.29, 1.82) is 0 Å². The highest BCUT2D eigenvalue weighted by molar-refractivity contribution is 5.41. The molecule has 0 bridgehead atoms. The summed E-state index contributed by atoms with van der Waals surface area (Å²) in [6, 6.07) is 5.14. The monoisotopic (exact) mass is 182 g/mol. The molecule has 0 aliphatic heterocycles. The minimum absolute atomic E-state index is 0.203. The van der Waals surface area contributed by atoms with Crippen molar-refractivity contribution in [2.75, 3.05) is 19.8 Å². The summed E-state index contributed by atoms with van der Waals surface area (Å²) < 4.78 is 13.1. The molecule has 0 heterocycles. The van der Waals surface area contributed by atoms with Crippen LogP contribution < -0.4 is 5.73 Å². The highest BCUT2D eigenvalue weighted by Gasteiger charge is 2.09. The van der Waals surface area contributed by atoms with Crippen LogP contribution in [0.3, 0.4) is 0 Å². The summed E-state index contributed by atoms with van der Waals surface area (Å²) in [6.07, 6.45) is 0. The Kier molecular flexibility index (Phi) is 2.88. The van der Waals surface area contributed by atoms with E-state index in [2.05, 4.69) is 0 Å². The molecule has 0 spiro atoms. The first-order chi connectivity index (χ1) is 6.02. The van der Waals surface area contributed by atoms with Gasteiger partial charge in [-0.2, -0.15) is 0 Å². The Labute approximate surface area is 78.2 Å². The van der Waals surface area contributed by atoms with Crippen molar-refractivity contribution in [3.8, 4) is 0 Å². The third kappa shape index (κ3) is 2.18. The quantitative estimate of drug-likeness (QED) is 0.709. The first-order valence-electron chi connectivity index (χ1n) is 4.23. The van der Waals surface area contributed by atoms with Gasteiger partial charge in [-0.3, -0.25) is 0 Å². The Morgan fingerprint density at radius 3 is 2.46 bits per heavy atom. The lowest BCUT2D eigenvalue weighted by Gasteiger charge is -2.20. The van der Waals surface area contributed by atoms with Crippen molar-refractivity contribution in [2.45, 2.75) is 13.0 Å². The molecule has 1 unspecified atom stereocenters. The predicted octanol–water partition coefficient (Wildman–Crippen LogP) is 2.03. The molecule has 0 amide bonds. The van der Waals surface area contributed by atoms with Crippen LogP contribution >= 0.6 is 0 Å². The highest BCUT2D eigenvalue weighted by atomic mass is 19.1. The van der Waals surface area contributed by atoms with Gasteiger partial charge in [-0.15, -0.1) is 0 Å². The summed E-state index contributed by atoms with van der Waals surface area (Å²) in [5, 5.41) is 0. The highest BCUT2D eigenvalue weighted by Crippen LogP contribution is 2.20. The maximum atomic E-state index is 13.1. The summed E-state index contributed by atoms with van der Waals surface area (Å²) in [4.78, 5) is 2.02. The van der Waals surface area contributed by atoms with E-state index < -0.39 is 0 Å². The molecular weight excluding hydrogens is 167 g/mol. The summed E-state index contributed by atoms with van der Waals surface area (Å²) in [7, 11) is 3.91. The van der Waals surface area contributed by atoms with Crippen LogP contribution in [-0.2, 0) is 0 Å². The van der Waals surface area contributed by atoms with Gasteiger partial charge in [0.2, 0.25) is 0 Å². The second kappa shape index (κ2) is 3.75. The average Bonchev–Trinajstić information content (AvgIpc) is 2.08. The third-order valence-electron chi connectivity index (χ3n) is 2.28. The average molecular weight is 182 g/mol. The van der Waals surface area contributed by atoms with Crippen molar-refractivity contribution in [1.82, 2.24) is 4.90 Å². The van der Waals surface area contributed by atoms with E-state index in [1.807, 2.05) is 32.0 Å². The zero-order valence-corrected chi connectivity index (χ0v) is 8.21. The lowest BCUT2D eigenvalue weighted by atomic mass is 10.1. The van der Waals surface area contributed by atoms with Gasteiger partial charge in [0, 0.05) is 6.04 Å². The molecule has 1 rings (SSSR count). The Balaban J connectivity index is 2.97. The first kappa shape index (κ1) is 9.99. The molecule has 13 heavy (non-hydrogen) atoms. The SMILES string of the molecule is CC(c1ccc(N)c(F)c1)N(C)C. The number of hydrogen-bond donors (Lipinski definition) is 1. The number of halogens is 1. The summed E-state index contributed by atoms with van der Waals surface area (Å²) in [6.45, 7) is 2.02. The maximum Gasteiger partial charge on any atom is 0.146 e.